The topological polar surface area (TPSA) is 113 Å². The maximum absolute atomic E-state index is 13.5. The molecule has 0 radical (unpaired) electrons. The number of rotatable bonds is 8. The van der Waals surface area contributed by atoms with E-state index in [1.807, 2.05) is 0 Å². The third kappa shape index (κ3) is 5.48. The van der Waals surface area contributed by atoms with Gasteiger partial charge >= 0.3 is 6.18 Å². The van der Waals surface area contributed by atoms with Gasteiger partial charge in [0.15, 0.2) is 5.82 Å². The van der Waals surface area contributed by atoms with Crippen LogP contribution in [0.15, 0.2) is 36.7 Å². The van der Waals surface area contributed by atoms with Gasteiger partial charge in [-0.05, 0) is 30.7 Å². The summed E-state index contributed by atoms with van der Waals surface area (Å²) in [5, 5.41) is 12.5. The van der Waals surface area contributed by atoms with Gasteiger partial charge in [-0.1, -0.05) is 6.92 Å². The first-order chi connectivity index (χ1) is 13.4. The van der Waals surface area contributed by atoms with Crippen molar-refractivity contribution in [2.75, 3.05) is 15.8 Å². The minimum atomic E-state index is -5.13. The largest absolute Gasteiger partial charge is 0.425 e. The van der Waals surface area contributed by atoms with E-state index >= 15 is 0 Å². The number of aryl methyl sites for hydroxylation is 1. The quantitative estimate of drug-likeness (QED) is 0.590. The van der Waals surface area contributed by atoms with Gasteiger partial charge in [0, 0.05) is 30.8 Å². The van der Waals surface area contributed by atoms with Crippen LogP contribution in [0.2, 0.25) is 0 Å². The molecule has 1 amide bonds. The molecule has 8 nitrogen and oxygen atoms in total. The van der Waals surface area contributed by atoms with Crippen molar-refractivity contribution in [3.63, 3.8) is 0 Å². The number of alkyl halides is 3. The van der Waals surface area contributed by atoms with E-state index in [0.29, 0.717) is 6.42 Å². The normalized spacial score (nSPS) is 14.3. The number of carbonyl (C=O) groups excluding carboxylic acids is 1. The van der Waals surface area contributed by atoms with Crippen molar-refractivity contribution in [3.05, 3.63) is 42.5 Å². The zero-order valence-corrected chi connectivity index (χ0v) is 16.5. The van der Waals surface area contributed by atoms with E-state index in [1.54, 1.807) is 6.92 Å². The Balaban J connectivity index is 2.12. The molecule has 0 bridgehead atoms. The lowest BCUT2D eigenvalue weighted by Gasteiger charge is -2.29. The molecule has 0 fully saturated rings. The Labute approximate surface area is 165 Å². The number of benzene rings is 1. The first-order valence-corrected chi connectivity index (χ1v) is 10.2. The molecule has 1 heterocycles. The number of sulfonamides is 1. The number of imidazole rings is 1. The number of aromatic nitrogens is 2. The summed E-state index contributed by atoms with van der Waals surface area (Å²) in [5.74, 6) is -1.86. The molecule has 0 aliphatic rings. The van der Waals surface area contributed by atoms with Crippen molar-refractivity contribution in [3.8, 4) is 0 Å². The third-order valence-electron chi connectivity index (χ3n) is 3.99. The Kier molecular flexibility index (Phi) is 6.58. The standard InChI is InChI=1S/C17H21F3N4O4S/c1-3-10-29(27,28)23-13-6-4-12(5-7-13)22-14(25)11-16(26,17(18,19)20)15-21-8-9-24(15)2/h4-9,23,26H,3,10-11H2,1-2H3,(H,22,25). The summed E-state index contributed by atoms with van der Waals surface area (Å²) in [4.78, 5) is 15.7. The number of halogens is 3. The molecule has 1 aromatic carbocycles. The van der Waals surface area contributed by atoms with Gasteiger partial charge in [-0.2, -0.15) is 13.2 Å². The van der Waals surface area contributed by atoms with Crippen molar-refractivity contribution < 1.29 is 31.5 Å². The minimum Gasteiger partial charge on any atom is -0.374 e. The average Bonchev–Trinajstić information content (AvgIpc) is 3.01. The number of amides is 1. The van der Waals surface area contributed by atoms with Crippen LogP contribution in [0, 0.1) is 0 Å². The Hall–Kier alpha value is -2.60. The molecule has 0 saturated heterocycles. The maximum Gasteiger partial charge on any atom is 0.425 e. The fourth-order valence-corrected chi connectivity index (χ4v) is 3.76. The van der Waals surface area contributed by atoms with Gasteiger partial charge in [0.05, 0.1) is 12.2 Å². The van der Waals surface area contributed by atoms with Crippen LogP contribution in [-0.4, -0.2) is 40.9 Å². The second kappa shape index (κ2) is 8.41. The minimum absolute atomic E-state index is 0.0608. The van der Waals surface area contributed by atoms with Gasteiger partial charge in [-0.15, -0.1) is 0 Å². The summed E-state index contributed by atoms with van der Waals surface area (Å²) < 4.78 is 67.2. The zero-order chi connectivity index (χ0) is 21.9. The smallest absolute Gasteiger partial charge is 0.374 e. The van der Waals surface area contributed by atoms with Crippen LogP contribution in [-0.2, 0) is 27.5 Å². The third-order valence-corrected chi connectivity index (χ3v) is 5.48. The number of aliphatic hydroxyl groups is 1. The lowest BCUT2D eigenvalue weighted by molar-refractivity contribution is -0.270. The van der Waals surface area contributed by atoms with Crippen LogP contribution < -0.4 is 10.0 Å². The number of hydrogen-bond donors (Lipinski definition) is 3. The van der Waals surface area contributed by atoms with Crippen LogP contribution >= 0.6 is 0 Å². The van der Waals surface area contributed by atoms with Crippen LogP contribution in [0.4, 0.5) is 24.5 Å². The molecule has 3 N–H and O–H groups in total. The Morgan fingerprint density at radius 2 is 1.79 bits per heavy atom. The molecule has 2 aromatic rings. The van der Waals surface area contributed by atoms with Gasteiger partial charge < -0.3 is 15.0 Å². The summed E-state index contributed by atoms with van der Waals surface area (Å²) in [6.07, 6.45) is -3.69. The highest BCUT2D eigenvalue weighted by Crippen LogP contribution is 2.40. The van der Waals surface area contributed by atoms with E-state index in [4.69, 9.17) is 0 Å². The number of nitrogens with one attached hydrogen (secondary N) is 2. The van der Waals surface area contributed by atoms with Crippen molar-refractivity contribution in [1.82, 2.24) is 9.55 Å². The zero-order valence-electron chi connectivity index (χ0n) is 15.7. The van der Waals surface area contributed by atoms with Crippen molar-refractivity contribution >= 4 is 27.3 Å². The van der Waals surface area contributed by atoms with Crippen molar-refractivity contribution in [1.29, 1.82) is 0 Å². The Morgan fingerprint density at radius 3 is 2.28 bits per heavy atom. The highest BCUT2D eigenvalue weighted by molar-refractivity contribution is 7.92. The highest BCUT2D eigenvalue weighted by Gasteiger charge is 2.58. The molecule has 29 heavy (non-hydrogen) atoms. The summed E-state index contributed by atoms with van der Waals surface area (Å²) >= 11 is 0. The van der Waals surface area contributed by atoms with E-state index < -0.39 is 40.0 Å². The molecule has 1 unspecified atom stereocenters. The first kappa shape index (κ1) is 22.7. The monoisotopic (exact) mass is 434 g/mol. The number of carbonyl (C=O) groups is 1. The molecule has 2 rings (SSSR count). The van der Waals surface area contributed by atoms with Gasteiger partial charge in [0.25, 0.3) is 0 Å². The molecule has 0 saturated carbocycles. The molecule has 0 spiro atoms. The molecule has 0 aliphatic carbocycles. The van der Waals surface area contributed by atoms with Crippen LogP contribution in [0.1, 0.15) is 25.6 Å². The van der Waals surface area contributed by atoms with E-state index in [0.717, 1.165) is 10.8 Å². The molecular weight excluding hydrogens is 413 g/mol. The van der Waals surface area contributed by atoms with Gasteiger partial charge in [0.2, 0.25) is 21.5 Å². The van der Waals surface area contributed by atoms with Gasteiger partial charge in [0.1, 0.15) is 0 Å². The Morgan fingerprint density at radius 1 is 1.21 bits per heavy atom. The maximum atomic E-state index is 13.5. The van der Waals surface area contributed by atoms with E-state index in [1.165, 1.54) is 37.5 Å². The fourth-order valence-electron chi connectivity index (χ4n) is 2.63. The van der Waals surface area contributed by atoms with E-state index in [-0.39, 0.29) is 17.1 Å². The molecule has 1 aromatic heterocycles. The van der Waals surface area contributed by atoms with E-state index in [9.17, 15) is 31.5 Å². The summed E-state index contributed by atoms with van der Waals surface area (Å²) in [5.41, 5.74) is -3.08. The SMILES string of the molecule is CCCS(=O)(=O)Nc1ccc(NC(=O)CC(O)(c2nccn2C)C(F)(F)F)cc1. The molecule has 12 heteroatoms. The number of nitrogens with zero attached hydrogens (tertiary/aromatic N) is 2. The van der Waals surface area contributed by atoms with E-state index in [2.05, 4.69) is 15.0 Å². The van der Waals surface area contributed by atoms with Gasteiger partial charge in [-0.25, -0.2) is 13.4 Å². The van der Waals surface area contributed by atoms with Crippen LogP contribution in [0.5, 0.6) is 0 Å². The molecule has 160 valence electrons. The Bertz CT molecular complexity index is 958. The number of anilines is 2. The van der Waals surface area contributed by atoms with Crippen molar-refractivity contribution in [2.24, 2.45) is 7.05 Å². The lowest BCUT2D eigenvalue weighted by atomic mass is 9.97. The summed E-state index contributed by atoms with van der Waals surface area (Å²) in [6.45, 7) is 1.71. The predicted molar refractivity (Wildman–Crippen MR) is 101 cm³/mol. The second-order valence-corrected chi connectivity index (χ2v) is 8.28. The lowest BCUT2D eigenvalue weighted by Crippen LogP contribution is -2.46. The fraction of sp³-hybridized carbons (Fsp3) is 0.412. The van der Waals surface area contributed by atoms with Crippen molar-refractivity contribution in [2.45, 2.75) is 31.5 Å². The van der Waals surface area contributed by atoms with Crippen LogP contribution in [0.25, 0.3) is 0 Å². The average molecular weight is 434 g/mol. The predicted octanol–water partition coefficient (Wildman–Crippen LogP) is 2.35. The summed E-state index contributed by atoms with van der Waals surface area (Å²) in [7, 11) is -2.22. The number of hydrogen-bond acceptors (Lipinski definition) is 5. The molecule has 0 aliphatic heterocycles. The molecular formula is C17H21F3N4O4S. The summed E-state index contributed by atoms with van der Waals surface area (Å²) in [6, 6.07) is 5.37. The highest BCUT2D eigenvalue weighted by atomic mass is 32.2. The van der Waals surface area contributed by atoms with Gasteiger partial charge in [-0.3, -0.25) is 9.52 Å². The van der Waals surface area contributed by atoms with Crippen LogP contribution in [0.3, 0.4) is 0 Å². The first-order valence-electron chi connectivity index (χ1n) is 8.55. The second-order valence-electron chi connectivity index (χ2n) is 6.44. The molecule has 1 atom stereocenters.